The Labute approximate surface area is 83.1 Å². The summed E-state index contributed by atoms with van der Waals surface area (Å²) >= 11 is 0. The van der Waals surface area contributed by atoms with Crippen LogP contribution in [0.2, 0.25) is 0 Å². The third-order valence-corrected chi connectivity index (χ3v) is 2.25. The second-order valence-corrected chi connectivity index (χ2v) is 3.51. The van der Waals surface area contributed by atoms with Crippen LogP contribution in [0.3, 0.4) is 0 Å². The number of fused-ring (bicyclic) bond motifs is 1. The molecule has 1 aliphatic heterocycles. The van der Waals surface area contributed by atoms with Gasteiger partial charge >= 0.3 is 0 Å². The molecule has 0 aromatic heterocycles. The van der Waals surface area contributed by atoms with Gasteiger partial charge in [0.15, 0.2) is 11.5 Å². The van der Waals surface area contributed by atoms with Gasteiger partial charge in [-0.25, -0.2) is 0 Å². The Kier molecular flexibility index (Phi) is 2.27. The average molecular weight is 191 g/mol. The first-order valence-corrected chi connectivity index (χ1v) is 4.57. The van der Waals surface area contributed by atoms with Gasteiger partial charge in [-0.2, -0.15) is 4.89 Å². The largest absolute Gasteiger partial charge is 0.335 e. The Morgan fingerprint density at radius 1 is 1.50 bits per heavy atom. The number of hydrogen-bond acceptors (Lipinski definition) is 3. The lowest BCUT2D eigenvalue weighted by Crippen LogP contribution is -2.47. The summed E-state index contributed by atoms with van der Waals surface area (Å²) < 4.78 is 0. The molecule has 0 saturated heterocycles. The number of para-hydroxylation sites is 1. The van der Waals surface area contributed by atoms with E-state index in [4.69, 9.17) is 15.5 Å². The molecule has 0 saturated carbocycles. The Morgan fingerprint density at radius 2 is 2.29 bits per heavy atom. The minimum absolute atomic E-state index is 0.571. The van der Waals surface area contributed by atoms with Crippen LogP contribution in [0.15, 0.2) is 36.9 Å². The molecule has 0 spiro atoms. The second kappa shape index (κ2) is 3.44. The molecule has 1 unspecified atom stereocenters. The van der Waals surface area contributed by atoms with E-state index in [1.165, 1.54) is 0 Å². The third kappa shape index (κ3) is 1.64. The van der Waals surface area contributed by atoms with Crippen molar-refractivity contribution in [3.63, 3.8) is 0 Å². The van der Waals surface area contributed by atoms with Crippen LogP contribution in [-0.2, 0) is 11.3 Å². The number of rotatable bonds is 2. The second-order valence-electron chi connectivity index (χ2n) is 3.51. The summed E-state index contributed by atoms with van der Waals surface area (Å²) in [6.07, 6.45) is 2.95. The molecule has 0 fully saturated rings. The van der Waals surface area contributed by atoms with Crippen LogP contribution in [0.5, 0.6) is 5.75 Å². The number of benzene rings is 1. The molecule has 1 atom stereocenters. The van der Waals surface area contributed by atoms with Gasteiger partial charge in [0.05, 0.1) is 0 Å². The first kappa shape index (κ1) is 9.24. The van der Waals surface area contributed by atoms with Gasteiger partial charge < -0.3 is 4.89 Å². The maximum absolute atomic E-state index is 5.97. The first-order chi connectivity index (χ1) is 6.73. The predicted molar refractivity (Wildman–Crippen MR) is 53.6 cm³/mol. The van der Waals surface area contributed by atoms with Gasteiger partial charge in [0.1, 0.15) is 0 Å². The standard InChI is InChI=1S/C11H13NO2/c1-2-7-11(12)8-9-5-3-4-6-10(9)13-14-11/h2-6H,1,7-8,12H2. The van der Waals surface area contributed by atoms with Crippen molar-refractivity contribution in [1.29, 1.82) is 0 Å². The highest BCUT2D eigenvalue weighted by molar-refractivity contribution is 5.35. The minimum atomic E-state index is -0.768. The summed E-state index contributed by atoms with van der Waals surface area (Å²) in [6, 6.07) is 7.71. The van der Waals surface area contributed by atoms with Crippen LogP contribution < -0.4 is 10.6 Å². The lowest BCUT2D eigenvalue weighted by molar-refractivity contribution is -0.300. The SMILES string of the molecule is C=CCC1(N)Cc2ccccc2OO1. The van der Waals surface area contributed by atoms with E-state index in [1.807, 2.05) is 24.3 Å². The molecular weight excluding hydrogens is 178 g/mol. The average Bonchev–Trinajstić information content (AvgIpc) is 2.17. The molecule has 1 aromatic carbocycles. The highest BCUT2D eigenvalue weighted by Gasteiger charge is 2.32. The van der Waals surface area contributed by atoms with Gasteiger partial charge in [0.25, 0.3) is 0 Å². The molecule has 3 nitrogen and oxygen atoms in total. The molecule has 1 aliphatic rings. The van der Waals surface area contributed by atoms with E-state index in [0.717, 1.165) is 11.3 Å². The highest BCUT2D eigenvalue weighted by atomic mass is 17.2. The molecule has 0 bridgehead atoms. The van der Waals surface area contributed by atoms with Crippen molar-refractivity contribution in [3.05, 3.63) is 42.5 Å². The van der Waals surface area contributed by atoms with Gasteiger partial charge in [-0.3, -0.25) is 5.73 Å². The summed E-state index contributed by atoms with van der Waals surface area (Å²) in [4.78, 5) is 10.3. The fraction of sp³-hybridized carbons (Fsp3) is 0.273. The third-order valence-electron chi connectivity index (χ3n) is 2.25. The van der Waals surface area contributed by atoms with Gasteiger partial charge in [-0.1, -0.05) is 24.3 Å². The highest BCUT2D eigenvalue weighted by Crippen LogP contribution is 2.30. The van der Waals surface area contributed by atoms with Crippen molar-refractivity contribution in [2.24, 2.45) is 5.73 Å². The van der Waals surface area contributed by atoms with Gasteiger partial charge in [-0.05, 0) is 6.07 Å². The molecule has 0 aliphatic carbocycles. The van der Waals surface area contributed by atoms with E-state index in [1.54, 1.807) is 6.08 Å². The van der Waals surface area contributed by atoms with E-state index in [9.17, 15) is 0 Å². The van der Waals surface area contributed by atoms with Gasteiger partial charge in [0.2, 0.25) is 0 Å². The Hall–Kier alpha value is -1.32. The number of nitrogens with two attached hydrogens (primary N) is 1. The van der Waals surface area contributed by atoms with Crippen molar-refractivity contribution in [1.82, 2.24) is 0 Å². The molecule has 0 amide bonds. The van der Waals surface area contributed by atoms with Crippen LogP contribution in [0.1, 0.15) is 12.0 Å². The minimum Gasteiger partial charge on any atom is -0.335 e. The lowest BCUT2D eigenvalue weighted by Gasteiger charge is -2.31. The lowest BCUT2D eigenvalue weighted by atomic mass is 9.99. The van der Waals surface area contributed by atoms with E-state index in [0.29, 0.717) is 12.8 Å². The molecule has 14 heavy (non-hydrogen) atoms. The molecule has 1 heterocycles. The van der Waals surface area contributed by atoms with Crippen molar-refractivity contribution < 1.29 is 9.78 Å². The van der Waals surface area contributed by atoms with Crippen LogP contribution in [0.25, 0.3) is 0 Å². The zero-order valence-electron chi connectivity index (χ0n) is 7.90. The van der Waals surface area contributed by atoms with E-state index < -0.39 is 5.72 Å². The smallest absolute Gasteiger partial charge is 0.171 e. The summed E-state index contributed by atoms with van der Waals surface area (Å²) in [7, 11) is 0. The maximum Gasteiger partial charge on any atom is 0.171 e. The fourth-order valence-corrected chi connectivity index (χ4v) is 1.56. The van der Waals surface area contributed by atoms with E-state index in [-0.39, 0.29) is 0 Å². The Morgan fingerprint density at radius 3 is 3.07 bits per heavy atom. The van der Waals surface area contributed by atoms with Crippen LogP contribution in [-0.4, -0.2) is 5.72 Å². The van der Waals surface area contributed by atoms with Gasteiger partial charge in [0, 0.05) is 18.4 Å². The molecule has 1 aromatic rings. The zero-order valence-corrected chi connectivity index (χ0v) is 7.90. The van der Waals surface area contributed by atoms with Crippen LogP contribution in [0.4, 0.5) is 0 Å². The number of hydrogen-bond donors (Lipinski definition) is 1. The van der Waals surface area contributed by atoms with Crippen molar-refractivity contribution in [2.45, 2.75) is 18.6 Å². The van der Waals surface area contributed by atoms with Crippen molar-refractivity contribution in [2.75, 3.05) is 0 Å². The molecule has 2 N–H and O–H groups in total. The molecule has 3 heteroatoms. The normalized spacial score (nSPS) is 24.9. The van der Waals surface area contributed by atoms with E-state index in [2.05, 4.69) is 6.58 Å². The Balaban J connectivity index is 2.24. The summed E-state index contributed by atoms with van der Waals surface area (Å²) in [5, 5.41) is 0. The monoisotopic (exact) mass is 191 g/mol. The summed E-state index contributed by atoms with van der Waals surface area (Å²) in [5.41, 5.74) is 6.27. The molecule has 0 radical (unpaired) electrons. The van der Waals surface area contributed by atoms with Gasteiger partial charge in [-0.15, -0.1) is 6.58 Å². The summed E-state index contributed by atoms with van der Waals surface area (Å²) in [6.45, 7) is 3.64. The van der Waals surface area contributed by atoms with Crippen LogP contribution in [0, 0.1) is 0 Å². The predicted octanol–water partition coefficient (Wildman–Crippen LogP) is 1.78. The quantitative estimate of drug-likeness (QED) is 0.572. The van der Waals surface area contributed by atoms with Crippen LogP contribution >= 0.6 is 0 Å². The van der Waals surface area contributed by atoms with Crippen molar-refractivity contribution >= 4 is 0 Å². The summed E-state index contributed by atoms with van der Waals surface area (Å²) in [5.74, 6) is 0.748. The molecule has 2 rings (SSSR count). The molecular formula is C11H13NO2. The maximum atomic E-state index is 5.97. The fourth-order valence-electron chi connectivity index (χ4n) is 1.56. The first-order valence-electron chi connectivity index (χ1n) is 4.57. The van der Waals surface area contributed by atoms with Crippen molar-refractivity contribution in [3.8, 4) is 5.75 Å². The van der Waals surface area contributed by atoms with E-state index >= 15 is 0 Å². The zero-order chi connectivity index (χ0) is 10.0. The molecule has 74 valence electrons. The Bertz CT molecular complexity index is 351. The topological polar surface area (TPSA) is 44.5 Å².